The molecular formula is C32H46F3NO4. The summed E-state index contributed by atoms with van der Waals surface area (Å²) >= 11 is 0. The topological polar surface area (TPSA) is 82.8 Å². The van der Waals surface area contributed by atoms with Crippen LogP contribution in [0.4, 0.5) is 13.2 Å². The van der Waals surface area contributed by atoms with Crippen LogP contribution in [-0.4, -0.2) is 44.5 Å². The van der Waals surface area contributed by atoms with Crippen LogP contribution in [0.15, 0.2) is 12.1 Å². The Balaban J connectivity index is 1.16. The summed E-state index contributed by atoms with van der Waals surface area (Å²) in [5.41, 5.74) is -0.0485. The number of rotatable bonds is 7. The van der Waals surface area contributed by atoms with Crippen molar-refractivity contribution in [1.29, 1.82) is 0 Å². The van der Waals surface area contributed by atoms with Gasteiger partial charge in [0.25, 0.3) is 5.92 Å². The highest BCUT2D eigenvalue weighted by Crippen LogP contribution is 2.71. The molecule has 1 aromatic heterocycles. The fraction of sp³-hybridized carbons (Fsp3) is 0.844. The van der Waals surface area contributed by atoms with E-state index in [0.29, 0.717) is 30.7 Å². The number of halogens is 3. The van der Waals surface area contributed by atoms with Crippen molar-refractivity contribution in [3.8, 4) is 5.88 Å². The Labute approximate surface area is 235 Å². The van der Waals surface area contributed by atoms with Crippen molar-refractivity contribution in [2.75, 3.05) is 0 Å². The molecule has 224 valence electrons. The van der Waals surface area contributed by atoms with Crippen LogP contribution in [0, 0.1) is 52.3 Å². The molecule has 11 atom stereocenters. The van der Waals surface area contributed by atoms with Gasteiger partial charge < -0.3 is 20.1 Å². The van der Waals surface area contributed by atoms with E-state index in [-0.39, 0.29) is 47.0 Å². The van der Waals surface area contributed by atoms with Crippen molar-refractivity contribution in [1.82, 2.24) is 4.98 Å². The smallest absolute Gasteiger partial charge is 0.251 e. The van der Waals surface area contributed by atoms with E-state index in [0.717, 1.165) is 44.9 Å². The Morgan fingerprint density at radius 2 is 1.65 bits per heavy atom. The molecule has 40 heavy (non-hydrogen) atoms. The van der Waals surface area contributed by atoms with E-state index >= 15 is 8.78 Å². The third-order valence-corrected chi connectivity index (χ3v) is 12.4. The van der Waals surface area contributed by atoms with Gasteiger partial charge in [0, 0.05) is 17.9 Å². The zero-order chi connectivity index (χ0) is 28.6. The first kappa shape index (κ1) is 28.7. The van der Waals surface area contributed by atoms with Crippen LogP contribution < -0.4 is 4.74 Å². The summed E-state index contributed by atoms with van der Waals surface area (Å²) in [5.74, 6) is -4.24. The largest absolute Gasteiger partial charge is 0.474 e. The summed E-state index contributed by atoms with van der Waals surface area (Å²) in [6, 6.07) is 2.81. The first-order valence-electron chi connectivity index (χ1n) is 15.6. The van der Waals surface area contributed by atoms with Crippen LogP contribution in [0.3, 0.4) is 0 Å². The molecule has 1 heterocycles. The molecule has 5 saturated carbocycles. The highest BCUT2D eigenvalue weighted by Gasteiger charge is 2.69. The lowest BCUT2D eigenvalue weighted by Gasteiger charge is -2.63. The molecule has 5 fully saturated rings. The Morgan fingerprint density at radius 1 is 0.950 bits per heavy atom. The van der Waals surface area contributed by atoms with Gasteiger partial charge in [-0.15, -0.1) is 0 Å². The lowest BCUT2D eigenvalue weighted by molar-refractivity contribution is -0.258. The average molecular weight is 566 g/mol. The monoisotopic (exact) mass is 565 g/mol. The minimum absolute atomic E-state index is 0.0436. The maximum Gasteiger partial charge on any atom is 0.251 e. The summed E-state index contributed by atoms with van der Waals surface area (Å²) < 4.78 is 51.6. The first-order valence-corrected chi connectivity index (χ1v) is 15.6. The molecule has 5 aliphatic carbocycles. The standard InChI is InChI=1S/C32H46F3NO4/c1-17(4-10-24(37)19-7-11-26(33)36-29(19)40-18-5-6-18)20-8-9-21-27-22(12-14-30(20,21)2)31(3)15-13-25(38)28(39)23(31)16-32(27,34)35/h7,11,17-18,20-25,27-28,37-39H,4-6,8-10,12-16H2,1-3H3/t17-,20-,21+,22+,23+,24?,25+,27+,28-,30-,31-/m1/s1. The Bertz CT molecular complexity index is 1100. The molecule has 5 nitrogen and oxygen atoms in total. The highest BCUT2D eigenvalue weighted by molar-refractivity contribution is 5.29. The Hall–Kier alpha value is -1.38. The van der Waals surface area contributed by atoms with Gasteiger partial charge in [0.2, 0.25) is 11.8 Å². The SMILES string of the molecule is C[C@H](CCC(O)c1ccc(F)nc1OC1CC1)[C@H]1CC[C@H]2[C@H]3[C@H](CC[C@]12C)[C@@]1(C)CC[C@H](O)[C@H](O)[C@@H]1CC3(F)F. The van der Waals surface area contributed by atoms with Gasteiger partial charge in [-0.25, -0.2) is 8.78 Å². The van der Waals surface area contributed by atoms with Crippen LogP contribution >= 0.6 is 0 Å². The zero-order valence-electron chi connectivity index (χ0n) is 24.0. The molecule has 5 aliphatic rings. The van der Waals surface area contributed by atoms with Gasteiger partial charge in [0.15, 0.2) is 0 Å². The predicted octanol–water partition coefficient (Wildman–Crippen LogP) is 6.45. The van der Waals surface area contributed by atoms with Crippen molar-refractivity contribution < 1.29 is 33.2 Å². The molecule has 1 unspecified atom stereocenters. The number of hydrogen-bond acceptors (Lipinski definition) is 5. The van der Waals surface area contributed by atoms with E-state index in [9.17, 15) is 19.7 Å². The fourth-order valence-electron chi connectivity index (χ4n) is 10.1. The molecule has 0 spiro atoms. The van der Waals surface area contributed by atoms with Crippen molar-refractivity contribution in [2.45, 2.75) is 122 Å². The molecule has 0 aliphatic heterocycles. The number of aliphatic hydroxyl groups is 3. The van der Waals surface area contributed by atoms with Crippen molar-refractivity contribution in [3.63, 3.8) is 0 Å². The normalized spacial score (nSPS) is 43.8. The molecule has 0 bridgehead atoms. The number of nitrogens with zero attached hydrogens (tertiary/aromatic N) is 1. The minimum Gasteiger partial charge on any atom is -0.474 e. The Kier molecular flexibility index (Phi) is 7.26. The summed E-state index contributed by atoms with van der Waals surface area (Å²) in [6.45, 7) is 6.52. The van der Waals surface area contributed by atoms with Crippen LogP contribution in [0.1, 0.15) is 103 Å². The average Bonchev–Trinajstić information content (AvgIpc) is 3.64. The number of alkyl halides is 2. The lowest BCUT2D eigenvalue weighted by Crippen LogP contribution is -2.64. The van der Waals surface area contributed by atoms with Gasteiger partial charge in [-0.05, 0) is 117 Å². The maximum atomic E-state index is 16.1. The zero-order valence-corrected chi connectivity index (χ0v) is 24.0. The molecule has 8 heteroatoms. The lowest BCUT2D eigenvalue weighted by atomic mass is 9.43. The van der Waals surface area contributed by atoms with Gasteiger partial charge in [-0.2, -0.15) is 9.37 Å². The number of aromatic nitrogens is 1. The van der Waals surface area contributed by atoms with Crippen LogP contribution in [0.5, 0.6) is 5.88 Å². The van der Waals surface area contributed by atoms with E-state index in [2.05, 4.69) is 25.8 Å². The third kappa shape index (κ3) is 4.68. The van der Waals surface area contributed by atoms with Gasteiger partial charge in [-0.3, -0.25) is 0 Å². The Morgan fingerprint density at radius 3 is 2.38 bits per heavy atom. The fourth-order valence-corrected chi connectivity index (χ4v) is 10.1. The number of ether oxygens (including phenoxy) is 1. The second kappa shape index (κ2) is 10.1. The maximum absolute atomic E-state index is 16.1. The van der Waals surface area contributed by atoms with Gasteiger partial charge >= 0.3 is 0 Å². The molecule has 0 aromatic carbocycles. The summed E-state index contributed by atoms with van der Waals surface area (Å²) in [4.78, 5) is 3.89. The van der Waals surface area contributed by atoms with E-state index in [1.54, 1.807) is 6.07 Å². The second-order valence-electron chi connectivity index (χ2n) is 14.6. The van der Waals surface area contributed by atoms with Crippen molar-refractivity contribution >= 4 is 0 Å². The van der Waals surface area contributed by atoms with Crippen molar-refractivity contribution in [3.05, 3.63) is 23.6 Å². The van der Waals surface area contributed by atoms with E-state index in [1.165, 1.54) is 6.07 Å². The van der Waals surface area contributed by atoms with Crippen molar-refractivity contribution in [2.24, 2.45) is 46.3 Å². The third-order valence-electron chi connectivity index (χ3n) is 12.4. The molecule has 0 saturated heterocycles. The summed E-state index contributed by atoms with van der Waals surface area (Å²) in [6.07, 6.45) is 4.45. The molecule has 3 N–H and O–H groups in total. The molecule has 6 rings (SSSR count). The van der Waals surface area contributed by atoms with Gasteiger partial charge in [-0.1, -0.05) is 20.8 Å². The first-order chi connectivity index (χ1) is 18.8. The molecule has 0 radical (unpaired) electrons. The summed E-state index contributed by atoms with van der Waals surface area (Å²) in [5, 5.41) is 32.1. The molecule has 1 aromatic rings. The van der Waals surface area contributed by atoms with Gasteiger partial charge in [0.1, 0.15) is 6.10 Å². The summed E-state index contributed by atoms with van der Waals surface area (Å²) in [7, 11) is 0. The highest BCUT2D eigenvalue weighted by atomic mass is 19.3. The number of hydrogen-bond donors (Lipinski definition) is 3. The van der Waals surface area contributed by atoms with E-state index in [4.69, 9.17) is 4.74 Å². The van der Waals surface area contributed by atoms with Crippen LogP contribution in [0.25, 0.3) is 0 Å². The van der Waals surface area contributed by atoms with E-state index in [1.807, 2.05) is 0 Å². The minimum atomic E-state index is -2.86. The van der Waals surface area contributed by atoms with Crippen LogP contribution in [-0.2, 0) is 0 Å². The van der Waals surface area contributed by atoms with E-state index < -0.39 is 42.0 Å². The molecular weight excluding hydrogens is 519 g/mol. The van der Waals surface area contributed by atoms with Gasteiger partial charge in [0.05, 0.1) is 18.3 Å². The second-order valence-corrected chi connectivity index (χ2v) is 14.6. The number of aliphatic hydroxyl groups excluding tert-OH is 3. The quantitative estimate of drug-likeness (QED) is 0.331. The molecule has 0 amide bonds. The predicted molar refractivity (Wildman–Crippen MR) is 144 cm³/mol. The van der Waals surface area contributed by atoms with Crippen LogP contribution in [0.2, 0.25) is 0 Å². The number of pyridine rings is 1. The number of fused-ring (bicyclic) bond motifs is 5.